The second kappa shape index (κ2) is 7.95. The second-order valence-corrected chi connectivity index (χ2v) is 11.1. The van der Waals surface area contributed by atoms with Gasteiger partial charge in [0.05, 0.1) is 34.6 Å². The van der Waals surface area contributed by atoms with Crippen LogP contribution in [0.15, 0.2) is 36.5 Å². The molecular weight excluding hydrogens is 426 g/mol. The molecule has 4 heterocycles. The molecule has 2 aromatic heterocycles. The first kappa shape index (κ1) is 21.1. The molecule has 9 heteroatoms. The zero-order chi connectivity index (χ0) is 22.5. The highest BCUT2D eigenvalue weighted by Crippen LogP contribution is 2.31. The summed E-state index contributed by atoms with van der Waals surface area (Å²) in [5, 5.41) is 5.83. The van der Waals surface area contributed by atoms with E-state index in [0.717, 1.165) is 41.1 Å². The van der Waals surface area contributed by atoms with Gasteiger partial charge in [0, 0.05) is 37.9 Å². The number of carbonyl (C=O) groups excluding carboxylic acids is 1. The zero-order valence-electron chi connectivity index (χ0n) is 18.6. The molecule has 3 aromatic rings. The molecule has 2 aliphatic rings. The number of aromatic nitrogens is 3. The minimum atomic E-state index is -2.96. The highest BCUT2D eigenvalue weighted by Gasteiger charge is 2.33. The number of nitrogens with zero attached hydrogens (tertiary/aromatic N) is 5. The van der Waals surface area contributed by atoms with Gasteiger partial charge in [-0.3, -0.25) is 9.48 Å². The summed E-state index contributed by atoms with van der Waals surface area (Å²) in [5.74, 6) is 0.541. The number of carbonyl (C=O) groups is 1. The number of anilines is 1. The minimum absolute atomic E-state index is 0.0771. The van der Waals surface area contributed by atoms with Crippen LogP contribution in [0.4, 0.5) is 5.69 Å². The molecule has 1 amide bonds. The van der Waals surface area contributed by atoms with Crippen molar-refractivity contribution in [1.29, 1.82) is 0 Å². The molecule has 1 aromatic carbocycles. The maximum Gasteiger partial charge on any atom is 0.242 e. The van der Waals surface area contributed by atoms with Gasteiger partial charge in [0.2, 0.25) is 5.91 Å². The van der Waals surface area contributed by atoms with Crippen molar-refractivity contribution in [3.63, 3.8) is 0 Å². The molecule has 5 rings (SSSR count). The number of benzene rings is 1. The van der Waals surface area contributed by atoms with Crippen LogP contribution in [-0.4, -0.2) is 71.3 Å². The third-order valence-electron chi connectivity index (χ3n) is 6.78. The summed E-state index contributed by atoms with van der Waals surface area (Å²) < 4.78 is 27.7. The molecule has 2 aliphatic heterocycles. The summed E-state index contributed by atoms with van der Waals surface area (Å²) in [7, 11) is -2.96. The van der Waals surface area contributed by atoms with E-state index >= 15 is 0 Å². The Balaban J connectivity index is 1.25. The van der Waals surface area contributed by atoms with Gasteiger partial charge in [-0.15, -0.1) is 0 Å². The van der Waals surface area contributed by atoms with E-state index in [-0.39, 0.29) is 23.5 Å². The molecule has 32 heavy (non-hydrogen) atoms. The van der Waals surface area contributed by atoms with Crippen LogP contribution in [0.1, 0.15) is 23.9 Å². The van der Waals surface area contributed by atoms with Gasteiger partial charge in [0.15, 0.2) is 9.84 Å². The molecular formula is C23H29N5O3S. The van der Waals surface area contributed by atoms with E-state index in [4.69, 9.17) is 5.10 Å². The third kappa shape index (κ3) is 3.79. The Morgan fingerprint density at radius 1 is 1.09 bits per heavy atom. The number of para-hydroxylation sites is 1. The van der Waals surface area contributed by atoms with Crippen molar-refractivity contribution in [1.82, 2.24) is 19.2 Å². The predicted molar refractivity (Wildman–Crippen MR) is 125 cm³/mol. The van der Waals surface area contributed by atoms with E-state index < -0.39 is 9.84 Å². The summed E-state index contributed by atoms with van der Waals surface area (Å²) in [5.41, 5.74) is 4.10. The highest BCUT2D eigenvalue weighted by molar-refractivity contribution is 7.91. The molecule has 0 saturated carbocycles. The van der Waals surface area contributed by atoms with Crippen LogP contribution in [0.25, 0.3) is 10.9 Å². The van der Waals surface area contributed by atoms with E-state index in [2.05, 4.69) is 11.0 Å². The summed E-state index contributed by atoms with van der Waals surface area (Å²) >= 11 is 0. The molecule has 2 saturated heterocycles. The number of piperazine rings is 1. The summed E-state index contributed by atoms with van der Waals surface area (Å²) in [6.45, 7) is 7.17. The third-order valence-corrected chi connectivity index (χ3v) is 8.53. The number of sulfone groups is 1. The highest BCUT2D eigenvalue weighted by atomic mass is 32.2. The van der Waals surface area contributed by atoms with Gasteiger partial charge in [-0.2, -0.15) is 5.10 Å². The van der Waals surface area contributed by atoms with Gasteiger partial charge in [-0.05, 0) is 37.8 Å². The fourth-order valence-corrected chi connectivity index (χ4v) is 6.83. The van der Waals surface area contributed by atoms with Gasteiger partial charge in [-0.1, -0.05) is 18.2 Å². The Labute approximate surface area is 188 Å². The lowest BCUT2D eigenvalue weighted by molar-refractivity contribution is -0.132. The SMILES string of the molecule is Cc1nn(C2CCS(=O)(=O)C2)c(C)c1N1CCN(C(=O)Cn2ccc3ccccc32)CC1. The van der Waals surface area contributed by atoms with Gasteiger partial charge in [-0.25, -0.2) is 8.42 Å². The van der Waals surface area contributed by atoms with E-state index in [0.29, 0.717) is 26.1 Å². The van der Waals surface area contributed by atoms with Crippen LogP contribution in [0, 0.1) is 13.8 Å². The summed E-state index contributed by atoms with van der Waals surface area (Å²) in [6.07, 6.45) is 2.60. The first-order valence-corrected chi connectivity index (χ1v) is 13.0. The maximum absolute atomic E-state index is 12.9. The van der Waals surface area contributed by atoms with Crippen molar-refractivity contribution in [3.8, 4) is 0 Å². The Bertz CT molecular complexity index is 1270. The average molecular weight is 456 g/mol. The lowest BCUT2D eigenvalue weighted by Crippen LogP contribution is -2.49. The van der Waals surface area contributed by atoms with Gasteiger partial charge >= 0.3 is 0 Å². The monoisotopic (exact) mass is 455 g/mol. The predicted octanol–water partition coefficient (Wildman–Crippen LogP) is 2.16. The van der Waals surface area contributed by atoms with Crippen LogP contribution in [-0.2, 0) is 21.2 Å². The largest absolute Gasteiger partial charge is 0.365 e. The molecule has 0 bridgehead atoms. The summed E-state index contributed by atoms with van der Waals surface area (Å²) in [4.78, 5) is 17.2. The van der Waals surface area contributed by atoms with Gasteiger partial charge < -0.3 is 14.4 Å². The van der Waals surface area contributed by atoms with Crippen LogP contribution in [0.2, 0.25) is 0 Å². The average Bonchev–Trinajstić information content (AvgIpc) is 3.43. The first-order valence-electron chi connectivity index (χ1n) is 11.1. The molecule has 0 N–H and O–H groups in total. The maximum atomic E-state index is 12.9. The Kier molecular flexibility index (Phi) is 5.23. The van der Waals surface area contributed by atoms with Crippen molar-refractivity contribution in [2.75, 3.05) is 42.6 Å². The molecule has 0 spiro atoms. The molecule has 0 radical (unpaired) electrons. The van der Waals surface area contributed by atoms with Crippen molar-refractivity contribution in [3.05, 3.63) is 47.9 Å². The molecule has 170 valence electrons. The lowest BCUT2D eigenvalue weighted by atomic mass is 10.2. The number of aryl methyl sites for hydroxylation is 1. The Morgan fingerprint density at radius 3 is 2.56 bits per heavy atom. The van der Waals surface area contributed by atoms with Gasteiger partial charge in [0.25, 0.3) is 0 Å². The zero-order valence-corrected chi connectivity index (χ0v) is 19.4. The van der Waals surface area contributed by atoms with E-state index in [1.54, 1.807) is 0 Å². The van der Waals surface area contributed by atoms with Crippen LogP contribution >= 0.6 is 0 Å². The van der Waals surface area contributed by atoms with Crippen molar-refractivity contribution < 1.29 is 13.2 Å². The first-order chi connectivity index (χ1) is 15.3. The topological polar surface area (TPSA) is 80.4 Å². The second-order valence-electron chi connectivity index (χ2n) is 8.89. The van der Waals surface area contributed by atoms with Crippen LogP contribution < -0.4 is 4.90 Å². The summed E-state index contributed by atoms with van der Waals surface area (Å²) in [6, 6.07) is 10.1. The lowest BCUT2D eigenvalue weighted by Gasteiger charge is -2.36. The Hall–Kier alpha value is -2.81. The number of rotatable bonds is 4. The Morgan fingerprint density at radius 2 is 1.84 bits per heavy atom. The fourth-order valence-electron chi connectivity index (χ4n) is 5.14. The van der Waals surface area contributed by atoms with E-state index in [9.17, 15) is 13.2 Å². The van der Waals surface area contributed by atoms with Crippen molar-refractivity contribution >= 4 is 32.3 Å². The van der Waals surface area contributed by atoms with Crippen molar-refractivity contribution in [2.45, 2.75) is 32.9 Å². The van der Waals surface area contributed by atoms with Gasteiger partial charge in [0.1, 0.15) is 6.54 Å². The standard InChI is InChI=1S/C23H29N5O3S/c1-17-23(18(2)28(24-17)20-8-14-32(30,31)16-20)26-12-10-25(11-13-26)22(29)15-27-9-7-19-5-3-4-6-21(19)27/h3-7,9,20H,8,10-16H2,1-2H3. The smallest absolute Gasteiger partial charge is 0.242 e. The quantitative estimate of drug-likeness (QED) is 0.602. The van der Waals surface area contributed by atoms with Crippen molar-refractivity contribution in [2.24, 2.45) is 0 Å². The number of hydrogen-bond acceptors (Lipinski definition) is 5. The molecule has 0 aliphatic carbocycles. The van der Waals surface area contributed by atoms with E-state index in [1.807, 2.05) is 58.5 Å². The molecule has 1 unspecified atom stereocenters. The van der Waals surface area contributed by atoms with E-state index in [1.165, 1.54) is 0 Å². The number of amides is 1. The molecule has 1 atom stereocenters. The van der Waals surface area contributed by atoms with Crippen LogP contribution in [0.5, 0.6) is 0 Å². The molecule has 2 fully saturated rings. The normalized spacial score (nSPS) is 20.9. The van der Waals surface area contributed by atoms with Crippen LogP contribution in [0.3, 0.4) is 0 Å². The number of fused-ring (bicyclic) bond motifs is 1. The molecule has 8 nitrogen and oxygen atoms in total. The minimum Gasteiger partial charge on any atom is -0.365 e. The number of hydrogen-bond donors (Lipinski definition) is 0. The fraction of sp³-hybridized carbons (Fsp3) is 0.478.